The van der Waals surface area contributed by atoms with Crippen molar-refractivity contribution in [1.82, 2.24) is 0 Å². The molecule has 1 aromatic rings. The Bertz CT molecular complexity index is 535. The van der Waals surface area contributed by atoms with Crippen molar-refractivity contribution in [3.63, 3.8) is 0 Å². The predicted octanol–water partition coefficient (Wildman–Crippen LogP) is 3.61. The number of hydrogen-bond acceptors (Lipinski definition) is 2. The summed E-state index contributed by atoms with van der Waals surface area (Å²) in [7, 11) is -1.63. The van der Waals surface area contributed by atoms with Gasteiger partial charge in [-0.25, -0.2) is 8.60 Å². The van der Waals surface area contributed by atoms with Gasteiger partial charge in [0.1, 0.15) is 11.0 Å². The normalized spacial score (nSPS) is 14.6. The van der Waals surface area contributed by atoms with Crippen LogP contribution in [0.1, 0.15) is 26.3 Å². The minimum Gasteiger partial charge on any atom is -0.403 e. The second kappa shape index (κ2) is 5.90. The van der Waals surface area contributed by atoms with Crippen molar-refractivity contribution < 1.29 is 26.5 Å². The molecule has 0 bridgehead atoms. The number of alkyl halides is 3. The second-order valence-electron chi connectivity index (χ2n) is 4.80. The summed E-state index contributed by atoms with van der Waals surface area (Å²) < 4.78 is 68.1. The molecule has 3 nitrogen and oxygen atoms in total. The number of benzene rings is 1. The Hall–Kier alpha value is -1.44. The van der Waals surface area contributed by atoms with E-state index in [9.17, 15) is 21.8 Å². The van der Waals surface area contributed by atoms with E-state index in [1.54, 1.807) is 20.8 Å². The third-order valence-corrected chi connectivity index (χ3v) is 3.37. The first kappa shape index (κ1) is 16.6. The molecule has 0 aliphatic carbocycles. The monoisotopic (exact) mass is 311 g/mol. The van der Waals surface area contributed by atoms with E-state index in [0.29, 0.717) is 0 Å². The molecule has 1 rings (SSSR count). The third-order valence-electron chi connectivity index (χ3n) is 2.03. The number of halogens is 4. The zero-order valence-corrected chi connectivity index (χ0v) is 11.8. The van der Waals surface area contributed by atoms with Gasteiger partial charge in [0.2, 0.25) is 0 Å². The van der Waals surface area contributed by atoms with Gasteiger partial charge in [-0.1, -0.05) is 12.1 Å². The smallest absolute Gasteiger partial charge is 0.403 e. The van der Waals surface area contributed by atoms with Crippen molar-refractivity contribution in [3.05, 3.63) is 29.6 Å². The number of nitrogens with zero attached hydrogens (tertiary/aromatic N) is 1. The van der Waals surface area contributed by atoms with Gasteiger partial charge in [0.05, 0.1) is 4.75 Å². The molecule has 1 unspecified atom stereocenters. The highest BCUT2D eigenvalue weighted by molar-refractivity contribution is 7.85. The van der Waals surface area contributed by atoms with Crippen LogP contribution in [-0.4, -0.2) is 21.5 Å². The summed E-state index contributed by atoms with van der Waals surface area (Å²) in [5.41, 5.74) is -0.232. The van der Waals surface area contributed by atoms with Crippen LogP contribution in [0.2, 0.25) is 0 Å². The van der Waals surface area contributed by atoms with E-state index < -0.39 is 33.7 Å². The first-order valence-corrected chi connectivity index (χ1v) is 6.62. The van der Waals surface area contributed by atoms with Crippen molar-refractivity contribution in [2.75, 3.05) is 0 Å². The molecule has 8 heteroatoms. The van der Waals surface area contributed by atoms with Gasteiger partial charge < -0.3 is 4.74 Å². The van der Waals surface area contributed by atoms with E-state index >= 15 is 0 Å². The first-order chi connectivity index (χ1) is 9.00. The Balaban J connectivity index is 3.01. The fraction of sp³-hybridized carbons (Fsp3) is 0.417. The average molecular weight is 311 g/mol. The largest absolute Gasteiger partial charge is 0.573 e. The van der Waals surface area contributed by atoms with Crippen molar-refractivity contribution >= 4 is 17.2 Å². The van der Waals surface area contributed by atoms with Crippen molar-refractivity contribution in [1.29, 1.82) is 0 Å². The summed E-state index contributed by atoms with van der Waals surface area (Å²) in [5.74, 6) is -2.16. The van der Waals surface area contributed by atoms with Crippen LogP contribution in [0, 0.1) is 5.82 Å². The number of ether oxygens (including phenoxy) is 1. The Morgan fingerprint density at radius 2 is 1.85 bits per heavy atom. The van der Waals surface area contributed by atoms with Crippen molar-refractivity contribution in [2.45, 2.75) is 31.9 Å². The van der Waals surface area contributed by atoms with Crippen LogP contribution in [0.4, 0.5) is 17.6 Å². The van der Waals surface area contributed by atoms with Crippen LogP contribution in [0.3, 0.4) is 0 Å². The summed E-state index contributed by atoms with van der Waals surface area (Å²) in [4.78, 5) is 0. The van der Waals surface area contributed by atoms with Crippen molar-refractivity contribution in [3.8, 4) is 5.75 Å². The summed E-state index contributed by atoms with van der Waals surface area (Å²) >= 11 is 0. The molecule has 1 atom stereocenters. The molecule has 0 radical (unpaired) electrons. The lowest BCUT2D eigenvalue weighted by Crippen LogP contribution is -2.20. The molecule has 0 aliphatic heterocycles. The average Bonchev–Trinajstić information content (AvgIpc) is 2.27. The van der Waals surface area contributed by atoms with Gasteiger partial charge in [-0.05, 0) is 26.8 Å². The van der Waals surface area contributed by atoms with Gasteiger partial charge in [-0.15, -0.1) is 13.2 Å². The highest BCUT2D eigenvalue weighted by Gasteiger charge is 2.32. The minimum atomic E-state index is -4.98. The lowest BCUT2D eigenvalue weighted by Gasteiger charge is -2.13. The molecule has 0 amide bonds. The molecule has 0 saturated carbocycles. The molecule has 0 aromatic heterocycles. The predicted molar refractivity (Wildman–Crippen MR) is 68.6 cm³/mol. The van der Waals surface area contributed by atoms with Crippen LogP contribution >= 0.6 is 0 Å². The Morgan fingerprint density at radius 1 is 1.25 bits per heavy atom. The molecule has 0 saturated heterocycles. The van der Waals surface area contributed by atoms with Crippen LogP contribution in [0.25, 0.3) is 0 Å². The molecule has 20 heavy (non-hydrogen) atoms. The summed E-state index contributed by atoms with van der Waals surface area (Å²) in [6, 6.07) is 3.24. The maximum Gasteiger partial charge on any atom is 0.573 e. The van der Waals surface area contributed by atoms with Crippen LogP contribution in [-0.2, 0) is 11.0 Å². The molecule has 0 N–H and O–H groups in total. The molecular formula is C12H13F4NO2S. The van der Waals surface area contributed by atoms with Gasteiger partial charge in [-0.2, -0.15) is 4.40 Å². The minimum absolute atomic E-state index is 0.232. The first-order valence-electron chi connectivity index (χ1n) is 5.51. The van der Waals surface area contributed by atoms with Crippen molar-refractivity contribution in [2.24, 2.45) is 4.40 Å². The molecule has 0 heterocycles. The number of rotatable bonds is 3. The van der Waals surface area contributed by atoms with E-state index in [4.69, 9.17) is 0 Å². The Labute approximate surface area is 116 Å². The van der Waals surface area contributed by atoms with E-state index in [-0.39, 0.29) is 5.56 Å². The maximum absolute atomic E-state index is 13.7. The van der Waals surface area contributed by atoms with Gasteiger partial charge in [0, 0.05) is 11.8 Å². The number of hydrogen-bond donors (Lipinski definition) is 0. The topological polar surface area (TPSA) is 38.7 Å². The molecule has 1 aromatic carbocycles. The molecule has 0 spiro atoms. The SMILES string of the molecule is CC(C)(C)S(=O)N=Cc1cccc(OC(F)(F)F)c1F. The molecule has 112 valence electrons. The van der Waals surface area contributed by atoms with Crippen LogP contribution < -0.4 is 4.74 Å². The lowest BCUT2D eigenvalue weighted by atomic mass is 10.2. The quantitative estimate of drug-likeness (QED) is 0.632. The molecule has 0 aliphatic rings. The van der Waals surface area contributed by atoms with Gasteiger partial charge in [0.25, 0.3) is 0 Å². The fourth-order valence-electron chi connectivity index (χ4n) is 1.09. The summed E-state index contributed by atoms with van der Waals surface area (Å²) in [5, 5.41) is 0. The molecular weight excluding hydrogens is 298 g/mol. The van der Waals surface area contributed by atoms with Gasteiger partial charge >= 0.3 is 6.36 Å². The van der Waals surface area contributed by atoms with E-state index in [0.717, 1.165) is 12.3 Å². The third kappa shape index (κ3) is 4.92. The van der Waals surface area contributed by atoms with E-state index in [2.05, 4.69) is 9.13 Å². The zero-order chi connectivity index (χ0) is 15.6. The fourth-order valence-corrected chi connectivity index (χ4v) is 1.62. The van der Waals surface area contributed by atoms with E-state index in [1.165, 1.54) is 12.1 Å². The molecule has 0 fully saturated rings. The van der Waals surface area contributed by atoms with Crippen LogP contribution in [0.15, 0.2) is 22.6 Å². The van der Waals surface area contributed by atoms with Gasteiger partial charge in [-0.3, -0.25) is 0 Å². The zero-order valence-electron chi connectivity index (χ0n) is 11.0. The standard InChI is InChI=1S/C12H13F4NO2S/c1-11(2,3)20(18)17-7-8-5-4-6-9(10(8)13)19-12(14,15)16/h4-7H,1-3H3. The Morgan fingerprint density at radius 3 is 2.35 bits per heavy atom. The lowest BCUT2D eigenvalue weighted by molar-refractivity contribution is -0.275. The highest BCUT2D eigenvalue weighted by atomic mass is 32.2. The maximum atomic E-state index is 13.7. The second-order valence-corrected chi connectivity index (χ2v) is 6.74. The summed E-state index contributed by atoms with van der Waals surface area (Å²) in [6.07, 6.45) is -4.05. The summed E-state index contributed by atoms with van der Waals surface area (Å²) in [6.45, 7) is 5.00. The van der Waals surface area contributed by atoms with Crippen LogP contribution in [0.5, 0.6) is 5.75 Å². The van der Waals surface area contributed by atoms with Gasteiger partial charge in [0.15, 0.2) is 11.6 Å². The van der Waals surface area contributed by atoms with E-state index in [1.807, 2.05) is 0 Å². The highest BCUT2D eigenvalue weighted by Crippen LogP contribution is 2.26. The Kier molecular flexibility index (Phi) is 4.90.